The van der Waals surface area contributed by atoms with Crippen LogP contribution in [0.25, 0.3) is 0 Å². The van der Waals surface area contributed by atoms with Gasteiger partial charge in [-0.1, -0.05) is 18.5 Å². The third-order valence-electron chi connectivity index (χ3n) is 1.70. The monoisotopic (exact) mass is 293 g/mol. The summed E-state index contributed by atoms with van der Waals surface area (Å²) < 4.78 is 0.937. The summed E-state index contributed by atoms with van der Waals surface area (Å²) in [5.74, 6) is 2.31. The molecular formula is C10H13BrClNS. The van der Waals surface area contributed by atoms with E-state index in [1.165, 1.54) is 5.75 Å². The Bertz CT molecular complexity index is 293. The molecule has 0 unspecified atom stereocenters. The Hall–Kier alpha value is 0.140. The first-order valence-electron chi connectivity index (χ1n) is 4.50. The van der Waals surface area contributed by atoms with Gasteiger partial charge in [0.2, 0.25) is 0 Å². The minimum Gasteiger partial charge on any atom is -0.384 e. The van der Waals surface area contributed by atoms with Crippen molar-refractivity contribution in [1.29, 1.82) is 0 Å². The molecule has 78 valence electrons. The van der Waals surface area contributed by atoms with Gasteiger partial charge in [-0.2, -0.15) is 11.8 Å². The van der Waals surface area contributed by atoms with Gasteiger partial charge in [-0.3, -0.25) is 0 Å². The van der Waals surface area contributed by atoms with Crippen molar-refractivity contribution in [3.63, 3.8) is 0 Å². The molecular weight excluding hydrogens is 282 g/mol. The zero-order valence-corrected chi connectivity index (χ0v) is 11.2. The second-order valence-corrected chi connectivity index (χ2v) is 5.41. The molecule has 14 heavy (non-hydrogen) atoms. The van der Waals surface area contributed by atoms with Crippen LogP contribution in [-0.4, -0.2) is 18.1 Å². The molecule has 1 rings (SSSR count). The molecule has 0 spiro atoms. The first kappa shape index (κ1) is 12.2. The van der Waals surface area contributed by atoms with E-state index in [2.05, 4.69) is 28.2 Å². The highest BCUT2D eigenvalue weighted by Gasteiger charge is 1.97. The van der Waals surface area contributed by atoms with Crippen molar-refractivity contribution in [2.24, 2.45) is 0 Å². The summed E-state index contributed by atoms with van der Waals surface area (Å²) in [5.41, 5.74) is 1.11. The first-order chi connectivity index (χ1) is 6.74. The molecule has 1 nitrogen and oxygen atoms in total. The maximum absolute atomic E-state index is 5.89. The highest BCUT2D eigenvalue weighted by atomic mass is 79.9. The van der Waals surface area contributed by atoms with Crippen LogP contribution in [0.15, 0.2) is 22.7 Å². The molecule has 0 heterocycles. The fraction of sp³-hybridized carbons (Fsp3) is 0.400. The SMILES string of the molecule is CCSCCNc1ccc(Cl)c(Br)c1. The number of hydrogen-bond acceptors (Lipinski definition) is 2. The van der Waals surface area contributed by atoms with Crippen LogP contribution in [0.2, 0.25) is 5.02 Å². The number of nitrogens with one attached hydrogen (secondary N) is 1. The Kier molecular flexibility index (Phi) is 5.75. The summed E-state index contributed by atoms with van der Waals surface area (Å²) in [6.45, 7) is 3.16. The second kappa shape index (κ2) is 6.59. The normalized spacial score (nSPS) is 10.2. The van der Waals surface area contributed by atoms with E-state index >= 15 is 0 Å². The zero-order valence-electron chi connectivity index (χ0n) is 8.02. The molecule has 0 saturated carbocycles. The summed E-state index contributed by atoms with van der Waals surface area (Å²) in [5, 5.41) is 4.09. The van der Waals surface area contributed by atoms with E-state index in [1.54, 1.807) is 0 Å². The molecule has 0 bridgehead atoms. The van der Waals surface area contributed by atoms with Gasteiger partial charge in [0.25, 0.3) is 0 Å². The van der Waals surface area contributed by atoms with Crippen molar-refractivity contribution < 1.29 is 0 Å². The van der Waals surface area contributed by atoms with Gasteiger partial charge in [-0.15, -0.1) is 0 Å². The number of hydrogen-bond donors (Lipinski definition) is 1. The van der Waals surface area contributed by atoms with Crippen LogP contribution in [0, 0.1) is 0 Å². The topological polar surface area (TPSA) is 12.0 Å². The Morgan fingerprint density at radius 2 is 2.29 bits per heavy atom. The van der Waals surface area contributed by atoms with E-state index in [0.717, 1.165) is 27.5 Å². The molecule has 0 atom stereocenters. The lowest BCUT2D eigenvalue weighted by atomic mass is 10.3. The van der Waals surface area contributed by atoms with Gasteiger partial charge in [0.15, 0.2) is 0 Å². The van der Waals surface area contributed by atoms with E-state index < -0.39 is 0 Å². The molecule has 1 aromatic rings. The lowest BCUT2D eigenvalue weighted by Gasteiger charge is -2.06. The first-order valence-corrected chi connectivity index (χ1v) is 6.83. The number of anilines is 1. The van der Waals surface area contributed by atoms with Crippen LogP contribution >= 0.6 is 39.3 Å². The molecule has 0 aliphatic heterocycles. The van der Waals surface area contributed by atoms with Crippen LogP contribution < -0.4 is 5.32 Å². The largest absolute Gasteiger partial charge is 0.384 e. The zero-order chi connectivity index (χ0) is 10.4. The van der Waals surface area contributed by atoms with Crippen molar-refractivity contribution in [2.45, 2.75) is 6.92 Å². The van der Waals surface area contributed by atoms with Gasteiger partial charge in [0.1, 0.15) is 0 Å². The third kappa shape index (κ3) is 4.11. The number of halogens is 2. The summed E-state index contributed by atoms with van der Waals surface area (Å²) >= 11 is 11.2. The molecule has 1 aromatic carbocycles. The van der Waals surface area contributed by atoms with E-state index in [4.69, 9.17) is 11.6 Å². The van der Waals surface area contributed by atoms with Crippen LogP contribution in [0.4, 0.5) is 5.69 Å². The predicted molar refractivity (Wildman–Crippen MR) is 70.6 cm³/mol. The summed E-state index contributed by atoms with van der Waals surface area (Å²) in [6, 6.07) is 5.88. The quantitative estimate of drug-likeness (QED) is 0.814. The van der Waals surface area contributed by atoms with Crippen molar-refractivity contribution >= 4 is 45.0 Å². The van der Waals surface area contributed by atoms with Gasteiger partial charge in [0.05, 0.1) is 5.02 Å². The lowest BCUT2D eigenvalue weighted by Crippen LogP contribution is -2.03. The Balaban J connectivity index is 2.39. The van der Waals surface area contributed by atoms with E-state index in [1.807, 2.05) is 30.0 Å². The van der Waals surface area contributed by atoms with Gasteiger partial charge in [0, 0.05) is 22.5 Å². The Morgan fingerprint density at radius 1 is 1.50 bits per heavy atom. The molecule has 0 aliphatic rings. The fourth-order valence-corrected chi connectivity index (χ4v) is 2.05. The minimum absolute atomic E-state index is 0.749. The average Bonchev–Trinajstić information content (AvgIpc) is 2.18. The van der Waals surface area contributed by atoms with Gasteiger partial charge >= 0.3 is 0 Å². The summed E-state index contributed by atoms with van der Waals surface area (Å²) in [7, 11) is 0. The van der Waals surface area contributed by atoms with Crippen LogP contribution in [0.3, 0.4) is 0 Å². The van der Waals surface area contributed by atoms with Crippen molar-refractivity contribution in [3.05, 3.63) is 27.7 Å². The lowest BCUT2D eigenvalue weighted by molar-refractivity contribution is 1.22. The van der Waals surface area contributed by atoms with E-state index in [0.29, 0.717) is 0 Å². The minimum atomic E-state index is 0.749. The van der Waals surface area contributed by atoms with Crippen LogP contribution in [0.1, 0.15) is 6.92 Å². The molecule has 0 saturated heterocycles. The number of rotatable bonds is 5. The maximum atomic E-state index is 5.89. The molecule has 0 aliphatic carbocycles. The predicted octanol–water partition coefficient (Wildman–Crippen LogP) is 4.27. The molecule has 1 N–H and O–H groups in total. The second-order valence-electron chi connectivity index (χ2n) is 2.75. The standard InChI is InChI=1S/C10H13BrClNS/c1-2-14-6-5-13-8-3-4-10(12)9(11)7-8/h3-4,7,13H,2,5-6H2,1H3. The smallest absolute Gasteiger partial charge is 0.0549 e. The molecule has 0 radical (unpaired) electrons. The van der Waals surface area contributed by atoms with Gasteiger partial charge < -0.3 is 5.32 Å². The van der Waals surface area contributed by atoms with E-state index in [-0.39, 0.29) is 0 Å². The molecule has 0 amide bonds. The maximum Gasteiger partial charge on any atom is 0.0549 e. The van der Waals surface area contributed by atoms with Gasteiger partial charge in [-0.05, 0) is 39.9 Å². The highest BCUT2D eigenvalue weighted by molar-refractivity contribution is 9.10. The molecule has 4 heteroatoms. The van der Waals surface area contributed by atoms with Crippen LogP contribution in [0.5, 0.6) is 0 Å². The summed E-state index contributed by atoms with van der Waals surface area (Å²) in [4.78, 5) is 0. The average molecular weight is 295 g/mol. The van der Waals surface area contributed by atoms with E-state index in [9.17, 15) is 0 Å². The molecule has 0 aromatic heterocycles. The Morgan fingerprint density at radius 3 is 2.93 bits per heavy atom. The highest BCUT2D eigenvalue weighted by Crippen LogP contribution is 2.25. The fourth-order valence-electron chi connectivity index (χ4n) is 1.02. The van der Waals surface area contributed by atoms with Crippen molar-refractivity contribution in [3.8, 4) is 0 Å². The van der Waals surface area contributed by atoms with Crippen molar-refractivity contribution in [1.82, 2.24) is 0 Å². The van der Waals surface area contributed by atoms with Crippen molar-refractivity contribution in [2.75, 3.05) is 23.4 Å². The molecule has 0 fully saturated rings. The third-order valence-corrected chi connectivity index (χ3v) is 3.81. The van der Waals surface area contributed by atoms with Gasteiger partial charge in [-0.25, -0.2) is 0 Å². The number of benzene rings is 1. The van der Waals surface area contributed by atoms with Crippen LogP contribution in [-0.2, 0) is 0 Å². The summed E-state index contributed by atoms with van der Waals surface area (Å²) in [6.07, 6.45) is 0. The number of thioether (sulfide) groups is 1. The Labute approximate surface area is 103 Å².